The Kier molecular flexibility index (Phi) is 4.52. The number of para-hydroxylation sites is 2. The molecule has 1 N–H and O–H groups in total. The van der Waals surface area contributed by atoms with Crippen LogP contribution in [0, 0.1) is 0 Å². The number of rotatable bonds is 4. The van der Waals surface area contributed by atoms with Gasteiger partial charge in [0.2, 0.25) is 5.91 Å². The maximum Gasteiger partial charge on any atom is 0.241 e. The zero-order chi connectivity index (χ0) is 17.1. The molecule has 5 nitrogen and oxygen atoms in total. The van der Waals surface area contributed by atoms with Crippen LogP contribution in [0.3, 0.4) is 0 Å². The van der Waals surface area contributed by atoms with Crippen LogP contribution in [0.2, 0.25) is 0 Å². The van der Waals surface area contributed by atoms with Gasteiger partial charge in [-0.1, -0.05) is 41.7 Å². The van der Waals surface area contributed by atoms with Crippen LogP contribution in [0.25, 0.3) is 10.2 Å². The minimum absolute atomic E-state index is 0.146. The van der Waals surface area contributed by atoms with Crippen LogP contribution in [0.5, 0.6) is 0 Å². The van der Waals surface area contributed by atoms with Crippen molar-refractivity contribution in [2.75, 3.05) is 42.9 Å². The number of piperazine rings is 1. The third-order valence-electron chi connectivity index (χ3n) is 4.40. The Morgan fingerprint density at radius 1 is 1.00 bits per heavy atom. The highest BCUT2D eigenvalue weighted by Crippen LogP contribution is 2.29. The highest BCUT2D eigenvalue weighted by molar-refractivity contribution is 7.22. The fourth-order valence-corrected chi connectivity index (χ4v) is 4.01. The van der Waals surface area contributed by atoms with Gasteiger partial charge >= 0.3 is 0 Å². The van der Waals surface area contributed by atoms with Gasteiger partial charge in [-0.2, -0.15) is 0 Å². The molecule has 0 radical (unpaired) electrons. The van der Waals surface area contributed by atoms with E-state index in [-0.39, 0.29) is 5.91 Å². The van der Waals surface area contributed by atoms with Crippen molar-refractivity contribution >= 4 is 38.3 Å². The number of benzene rings is 2. The lowest BCUT2D eigenvalue weighted by Crippen LogP contribution is -2.50. The fourth-order valence-electron chi connectivity index (χ4n) is 2.99. The Balaban J connectivity index is 1.32. The summed E-state index contributed by atoms with van der Waals surface area (Å²) in [5.74, 6) is 0.146. The second-order valence-corrected chi connectivity index (χ2v) is 7.06. The van der Waals surface area contributed by atoms with E-state index in [1.165, 1.54) is 4.70 Å². The molecule has 4 rings (SSSR count). The summed E-state index contributed by atoms with van der Waals surface area (Å²) in [4.78, 5) is 21.3. The van der Waals surface area contributed by atoms with Gasteiger partial charge in [-0.3, -0.25) is 4.79 Å². The molecule has 1 fully saturated rings. The monoisotopic (exact) mass is 352 g/mol. The van der Waals surface area contributed by atoms with Crippen LogP contribution in [0.15, 0.2) is 54.6 Å². The molecule has 0 bridgehead atoms. The van der Waals surface area contributed by atoms with Crippen molar-refractivity contribution in [1.29, 1.82) is 0 Å². The zero-order valence-corrected chi connectivity index (χ0v) is 14.7. The molecule has 0 aliphatic carbocycles. The number of thiazole rings is 1. The first-order valence-electron chi connectivity index (χ1n) is 8.47. The molecule has 1 amide bonds. The first kappa shape index (κ1) is 15.9. The number of fused-ring (bicyclic) bond motifs is 1. The van der Waals surface area contributed by atoms with E-state index < -0.39 is 0 Å². The molecular weight excluding hydrogens is 332 g/mol. The van der Waals surface area contributed by atoms with Crippen LogP contribution in [-0.2, 0) is 4.79 Å². The van der Waals surface area contributed by atoms with E-state index in [0.717, 1.165) is 42.5 Å². The number of anilines is 2. The molecule has 6 heteroatoms. The molecule has 2 heterocycles. The Bertz CT molecular complexity index is 823. The Labute approximate surface area is 150 Å². The number of hydrogen-bond acceptors (Lipinski definition) is 5. The number of amides is 1. The largest absolute Gasteiger partial charge is 0.376 e. The molecule has 25 heavy (non-hydrogen) atoms. The number of carbonyl (C=O) groups excluding carboxylic acids is 1. The summed E-state index contributed by atoms with van der Waals surface area (Å²) >= 11 is 1.72. The lowest BCUT2D eigenvalue weighted by Gasteiger charge is -2.34. The van der Waals surface area contributed by atoms with Gasteiger partial charge in [0.1, 0.15) is 0 Å². The maximum absolute atomic E-state index is 12.4. The molecular formula is C19H20N4OS. The number of nitrogens with zero attached hydrogens (tertiary/aromatic N) is 3. The van der Waals surface area contributed by atoms with Gasteiger partial charge in [0, 0.05) is 31.9 Å². The van der Waals surface area contributed by atoms with Gasteiger partial charge < -0.3 is 15.1 Å². The number of nitrogens with one attached hydrogen (secondary N) is 1. The number of aromatic nitrogens is 1. The molecule has 0 spiro atoms. The van der Waals surface area contributed by atoms with E-state index in [4.69, 9.17) is 4.98 Å². The molecule has 0 saturated carbocycles. The summed E-state index contributed by atoms with van der Waals surface area (Å²) < 4.78 is 1.21. The van der Waals surface area contributed by atoms with E-state index in [1.807, 2.05) is 53.4 Å². The Morgan fingerprint density at radius 2 is 1.72 bits per heavy atom. The third kappa shape index (κ3) is 3.58. The molecule has 1 aliphatic rings. The maximum atomic E-state index is 12.4. The predicted octanol–water partition coefficient (Wildman–Crippen LogP) is 3.06. The van der Waals surface area contributed by atoms with Crippen molar-refractivity contribution in [3.63, 3.8) is 0 Å². The first-order chi connectivity index (χ1) is 12.3. The summed E-state index contributed by atoms with van der Waals surface area (Å²) in [5.41, 5.74) is 2.03. The SMILES string of the molecule is O=C(CNc1ccccc1)N1CCN(c2nc3ccccc3s2)CC1. The third-order valence-corrected chi connectivity index (χ3v) is 5.50. The number of hydrogen-bond donors (Lipinski definition) is 1. The molecule has 2 aromatic carbocycles. The van der Waals surface area contributed by atoms with Gasteiger partial charge in [0.15, 0.2) is 5.13 Å². The van der Waals surface area contributed by atoms with Gasteiger partial charge in [0.25, 0.3) is 0 Å². The average molecular weight is 352 g/mol. The second kappa shape index (κ2) is 7.11. The van der Waals surface area contributed by atoms with Crippen molar-refractivity contribution < 1.29 is 4.79 Å². The first-order valence-corrected chi connectivity index (χ1v) is 9.28. The Hall–Kier alpha value is -2.60. The highest BCUT2D eigenvalue weighted by atomic mass is 32.1. The number of carbonyl (C=O) groups is 1. The molecule has 0 atom stereocenters. The quantitative estimate of drug-likeness (QED) is 0.784. The van der Waals surface area contributed by atoms with Gasteiger partial charge in [-0.05, 0) is 24.3 Å². The minimum atomic E-state index is 0.146. The van der Waals surface area contributed by atoms with Crippen molar-refractivity contribution in [1.82, 2.24) is 9.88 Å². The highest BCUT2D eigenvalue weighted by Gasteiger charge is 2.22. The van der Waals surface area contributed by atoms with Crippen LogP contribution in [0.4, 0.5) is 10.8 Å². The average Bonchev–Trinajstić information content (AvgIpc) is 3.11. The topological polar surface area (TPSA) is 48.5 Å². The summed E-state index contributed by atoms with van der Waals surface area (Å²) in [7, 11) is 0. The van der Waals surface area contributed by atoms with Crippen LogP contribution >= 0.6 is 11.3 Å². The molecule has 3 aromatic rings. The van der Waals surface area contributed by atoms with Crippen molar-refractivity contribution in [3.8, 4) is 0 Å². The predicted molar refractivity (Wildman–Crippen MR) is 103 cm³/mol. The summed E-state index contributed by atoms with van der Waals surface area (Å²) in [5, 5.41) is 4.24. The molecule has 1 saturated heterocycles. The van der Waals surface area contributed by atoms with Gasteiger partial charge in [0.05, 0.1) is 16.8 Å². The minimum Gasteiger partial charge on any atom is -0.376 e. The molecule has 128 valence electrons. The van der Waals surface area contributed by atoms with E-state index in [2.05, 4.69) is 16.3 Å². The standard InChI is InChI=1S/C19H20N4OS/c24-18(14-20-15-6-2-1-3-7-15)22-10-12-23(13-11-22)19-21-16-8-4-5-9-17(16)25-19/h1-9,20H,10-14H2. The van der Waals surface area contributed by atoms with Gasteiger partial charge in [-0.25, -0.2) is 4.98 Å². The summed E-state index contributed by atoms with van der Waals surface area (Å²) in [6.07, 6.45) is 0. The smallest absolute Gasteiger partial charge is 0.241 e. The van der Waals surface area contributed by atoms with Crippen molar-refractivity contribution in [2.24, 2.45) is 0 Å². The van der Waals surface area contributed by atoms with Crippen molar-refractivity contribution in [3.05, 3.63) is 54.6 Å². The van der Waals surface area contributed by atoms with E-state index in [0.29, 0.717) is 6.54 Å². The lowest BCUT2D eigenvalue weighted by molar-refractivity contribution is -0.129. The normalized spacial score (nSPS) is 14.7. The van der Waals surface area contributed by atoms with Crippen LogP contribution in [-0.4, -0.2) is 48.5 Å². The van der Waals surface area contributed by atoms with E-state index in [9.17, 15) is 4.79 Å². The Morgan fingerprint density at radius 3 is 2.48 bits per heavy atom. The van der Waals surface area contributed by atoms with Crippen LogP contribution < -0.4 is 10.2 Å². The molecule has 1 aliphatic heterocycles. The summed E-state index contributed by atoms with van der Waals surface area (Å²) in [6.45, 7) is 3.48. The molecule has 0 unspecified atom stereocenters. The lowest BCUT2D eigenvalue weighted by atomic mass is 10.3. The van der Waals surface area contributed by atoms with Gasteiger partial charge in [-0.15, -0.1) is 0 Å². The van der Waals surface area contributed by atoms with E-state index in [1.54, 1.807) is 11.3 Å². The summed E-state index contributed by atoms with van der Waals surface area (Å²) in [6, 6.07) is 18.0. The molecule has 1 aromatic heterocycles. The fraction of sp³-hybridized carbons (Fsp3) is 0.263. The zero-order valence-electron chi connectivity index (χ0n) is 13.9. The second-order valence-electron chi connectivity index (χ2n) is 6.05. The van der Waals surface area contributed by atoms with Crippen molar-refractivity contribution in [2.45, 2.75) is 0 Å². The van der Waals surface area contributed by atoms with Crippen LogP contribution in [0.1, 0.15) is 0 Å². The van der Waals surface area contributed by atoms with E-state index >= 15 is 0 Å².